The van der Waals surface area contributed by atoms with E-state index in [0.29, 0.717) is 0 Å². The quantitative estimate of drug-likeness (QED) is 0.364. The lowest BCUT2D eigenvalue weighted by atomic mass is 10.4. The van der Waals surface area contributed by atoms with Gasteiger partial charge in [0.2, 0.25) is 0 Å². The van der Waals surface area contributed by atoms with Crippen LogP contribution in [0.4, 0.5) is 0 Å². The van der Waals surface area contributed by atoms with Crippen LogP contribution in [-0.2, 0) is 0 Å². The van der Waals surface area contributed by atoms with Crippen LogP contribution in [0, 0.1) is 0 Å². The van der Waals surface area contributed by atoms with Gasteiger partial charge < -0.3 is 4.90 Å². The van der Waals surface area contributed by atoms with Crippen LogP contribution in [-0.4, -0.2) is 32.6 Å². The lowest BCUT2D eigenvalue weighted by Crippen LogP contribution is -2.34. The fourth-order valence-electron chi connectivity index (χ4n) is 2.69. The fraction of sp³-hybridized carbons (Fsp3) is 0.625. The summed E-state index contributed by atoms with van der Waals surface area (Å²) in [5, 5.41) is 0. The van der Waals surface area contributed by atoms with Crippen molar-refractivity contribution in [1.82, 2.24) is 4.90 Å². The molecular formula is C16H31NSi. The summed E-state index contributed by atoms with van der Waals surface area (Å²) in [5.41, 5.74) is 0. The van der Waals surface area contributed by atoms with Gasteiger partial charge in [0.05, 0.1) is 8.07 Å². The minimum atomic E-state index is -1.27. The highest BCUT2D eigenvalue weighted by atomic mass is 28.3. The zero-order valence-electron chi connectivity index (χ0n) is 12.5. The normalized spacial score (nSPS) is 11.5. The zero-order valence-corrected chi connectivity index (χ0v) is 13.5. The van der Waals surface area contributed by atoms with E-state index in [9.17, 15) is 0 Å². The highest BCUT2D eigenvalue weighted by Crippen LogP contribution is 2.28. The molecule has 0 spiro atoms. The van der Waals surface area contributed by atoms with Crippen molar-refractivity contribution in [2.24, 2.45) is 0 Å². The van der Waals surface area contributed by atoms with Gasteiger partial charge in [0.15, 0.2) is 0 Å². The first-order valence-electron chi connectivity index (χ1n) is 7.23. The van der Waals surface area contributed by atoms with Crippen LogP contribution in [0.1, 0.15) is 20.3 Å². The van der Waals surface area contributed by atoms with Crippen LogP contribution in [0.2, 0.25) is 24.2 Å². The van der Waals surface area contributed by atoms with E-state index in [0.717, 1.165) is 13.1 Å². The highest BCUT2D eigenvalue weighted by molar-refractivity contribution is 6.81. The molecule has 0 heterocycles. The van der Waals surface area contributed by atoms with E-state index in [-0.39, 0.29) is 0 Å². The molecular weight excluding hydrogens is 234 g/mol. The second kappa shape index (κ2) is 10.3. The Morgan fingerprint density at radius 3 is 1.67 bits per heavy atom. The molecule has 104 valence electrons. The third kappa shape index (κ3) is 6.36. The van der Waals surface area contributed by atoms with E-state index in [2.05, 4.69) is 56.7 Å². The van der Waals surface area contributed by atoms with Crippen LogP contribution >= 0.6 is 0 Å². The third-order valence-electron chi connectivity index (χ3n) is 3.81. The molecule has 0 radical (unpaired) electrons. The number of allylic oxidation sites excluding steroid dienone is 3. The van der Waals surface area contributed by atoms with Crippen LogP contribution in [0.3, 0.4) is 0 Å². The van der Waals surface area contributed by atoms with E-state index < -0.39 is 8.07 Å². The third-order valence-corrected chi connectivity index (χ3v) is 8.69. The predicted octanol–water partition coefficient (Wildman–Crippen LogP) is 4.73. The number of hydrogen-bond donors (Lipinski definition) is 0. The predicted molar refractivity (Wildman–Crippen MR) is 88.0 cm³/mol. The van der Waals surface area contributed by atoms with Crippen molar-refractivity contribution in [2.75, 3.05) is 19.6 Å². The molecule has 0 rings (SSSR count). The average molecular weight is 266 g/mol. The number of nitrogens with zero attached hydrogens (tertiary/aromatic N) is 1. The molecule has 0 bridgehead atoms. The Labute approximate surface area is 115 Å². The van der Waals surface area contributed by atoms with Crippen molar-refractivity contribution in [2.45, 2.75) is 44.4 Å². The van der Waals surface area contributed by atoms with E-state index in [1.165, 1.54) is 37.1 Å². The first-order chi connectivity index (χ1) is 8.67. The maximum Gasteiger partial charge on any atom is 0.0648 e. The number of hydrogen-bond acceptors (Lipinski definition) is 1. The lowest BCUT2D eigenvalue weighted by molar-refractivity contribution is 0.304. The van der Waals surface area contributed by atoms with Gasteiger partial charge in [-0.3, -0.25) is 0 Å². The van der Waals surface area contributed by atoms with Gasteiger partial charge in [-0.25, -0.2) is 0 Å². The molecule has 0 aliphatic heterocycles. The summed E-state index contributed by atoms with van der Waals surface area (Å²) in [7, 11) is -1.27. The van der Waals surface area contributed by atoms with Gasteiger partial charge in [0.25, 0.3) is 0 Å². The first kappa shape index (κ1) is 17.4. The zero-order chi connectivity index (χ0) is 13.9. The summed E-state index contributed by atoms with van der Waals surface area (Å²) in [4.78, 5) is 2.51. The standard InChI is InChI=1S/C16H31NSi/c1-6-13-18(14-7-2,15-8-3)16-11-12-17(9-4)10-5/h6-8H,1-3,9-16H2,4-5H3. The Morgan fingerprint density at radius 1 is 0.889 bits per heavy atom. The van der Waals surface area contributed by atoms with Gasteiger partial charge in [-0.15, -0.1) is 19.7 Å². The second-order valence-corrected chi connectivity index (χ2v) is 9.83. The monoisotopic (exact) mass is 265 g/mol. The SMILES string of the molecule is C=CC[Si](CC=C)(CC=C)CCCN(CC)CC. The lowest BCUT2D eigenvalue weighted by Gasteiger charge is -2.30. The smallest absolute Gasteiger partial charge is 0.0648 e. The molecule has 0 amide bonds. The van der Waals surface area contributed by atoms with E-state index in [1.807, 2.05) is 0 Å². The Hall–Kier alpha value is -0.603. The second-order valence-electron chi connectivity index (χ2n) is 5.11. The van der Waals surface area contributed by atoms with Gasteiger partial charge in [0.1, 0.15) is 0 Å². The molecule has 1 nitrogen and oxygen atoms in total. The van der Waals surface area contributed by atoms with E-state index in [4.69, 9.17) is 0 Å². The molecule has 0 unspecified atom stereocenters. The summed E-state index contributed by atoms with van der Waals surface area (Å²) in [6.07, 6.45) is 7.63. The minimum absolute atomic E-state index is 1.16. The van der Waals surface area contributed by atoms with Crippen molar-refractivity contribution in [1.29, 1.82) is 0 Å². The Balaban J connectivity index is 4.41. The van der Waals surface area contributed by atoms with Crippen molar-refractivity contribution in [3.63, 3.8) is 0 Å². The van der Waals surface area contributed by atoms with Crippen LogP contribution in [0.25, 0.3) is 0 Å². The molecule has 0 aliphatic rings. The molecule has 2 heteroatoms. The van der Waals surface area contributed by atoms with Crippen molar-refractivity contribution in [3.8, 4) is 0 Å². The molecule has 0 saturated carbocycles. The maximum atomic E-state index is 3.94. The summed E-state index contributed by atoms with van der Waals surface area (Å²) < 4.78 is 0. The van der Waals surface area contributed by atoms with Gasteiger partial charge in [-0.2, -0.15) is 0 Å². The molecule has 0 atom stereocenters. The molecule has 0 aromatic heterocycles. The molecule has 0 saturated heterocycles. The summed E-state index contributed by atoms with van der Waals surface area (Å²) >= 11 is 0. The van der Waals surface area contributed by atoms with Gasteiger partial charge in [-0.1, -0.05) is 38.1 Å². The Bertz CT molecular complexity index is 217. The minimum Gasteiger partial charge on any atom is -0.304 e. The topological polar surface area (TPSA) is 3.24 Å². The van der Waals surface area contributed by atoms with Gasteiger partial charge >= 0.3 is 0 Å². The van der Waals surface area contributed by atoms with Crippen LogP contribution in [0.5, 0.6) is 0 Å². The van der Waals surface area contributed by atoms with Crippen molar-refractivity contribution in [3.05, 3.63) is 38.0 Å². The molecule has 0 N–H and O–H groups in total. The fourth-order valence-corrected chi connectivity index (χ4v) is 6.55. The molecule has 0 aromatic carbocycles. The summed E-state index contributed by atoms with van der Waals surface area (Å²) in [6.45, 7) is 19.9. The van der Waals surface area contributed by atoms with Crippen molar-refractivity contribution >= 4 is 8.07 Å². The molecule has 0 aromatic rings. The Morgan fingerprint density at radius 2 is 1.33 bits per heavy atom. The summed E-state index contributed by atoms with van der Waals surface area (Å²) in [5.74, 6) is 0. The molecule has 0 fully saturated rings. The molecule has 18 heavy (non-hydrogen) atoms. The van der Waals surface area contributed by atoms with Crippen LogP contribution < -0.4 is 0 Å². The van der Waals surface area contributed by atoms with Gasteiger partial charge in [0, 0.05) is 0 Å². The van der Waals surface area contributed by atoms with Crippen LogP contribution in [0.15, 0.2) is 38.0 Å². The number of rotatable bonds is 12. The van der Waals surface area contributed by atoms with E-state index >= 15 is 0 Å². The van der Waals surface area contributed by atoms with Crippen molar-refractivity contribution < 1.29 is 0 Å². The Kier molecular flexibility index (Phi) is 9.99. The maximum absolute atomic E-state index is 3.94. The largest absolute Gasteiger partial charge is 0.304 e. The van der Waals surface area contributed by atoms with E-state index in [1.54, 1.807) is 0 Å². The molecule has 0 aliphatic carbocycles. The highest BCUT2D eigenvalue weighted by Gasteiger charge is 2.28. The van der Waals surface area contributed by atoms with Gasteiger partial charge in [-0.05, 0) is 44.2 Å². The summed E-state index contributed by atoms with van der Waals surface area (Å²) in [6, 6.07) is 4.96. The first-order valence-corrected chi connectivity index (χ1v) is 10.1. The average Bonchev–Trinajstić information content (AvgIpc) is 2.36.